The van der Waals surface area contributed by atoms with Crippen molar-refractivity contribution in [2.75, 3.05) is 0 Å². The van der Waals surface area contributed by atoms with Crippen molar-refractivity contribution in [3.8, 4) is 11.1 Å². The lowest BCUT2D eigenvalue weighted by Gasteiger charge is -2.17. The van der Waals surface area contributed by atoms with Crippen molar-refractivity contribution < 1.29 is 0 Å². The number of fused-ring (bicyclic) bond motifs is 6. The van der Waals surface area contributed by atoms with Gasteiger partial charge in [0, 0.05) is 22.5 Å². The van der Waals surface area contributed by atoms with Crippen LogP contribution in [0.5, 0.6) is 0 Å². The van der Waals surface area contributed by atoms with Gasteiger partial charge in [0.1, 0.15) is 5.65 Å². The van der Waals surface area contributed by atoms with E-state index in [0.29, 0.717) is 0 Å². The fourth-order valence-corrected chi connectivity index (χ4v) is 4.61. The minimum Gasteiger partial charge on any atom is -0.298 e. The Kier molecular flexibility index (Phi) is 3.60. The van der Waals surface area contributed by atoms with Gasteiger partial charge in [0.15, 0.2) is 0 Å². The lowest BCUT2D eigenvalue weighted by Crippen LogP contribution is -1.97. The molecule has 0 unspecified atom stereocenters. The van der Waals surface area contributed by atoms with E-state index < -0.39 is 0 Å². The molecule has 0 aliphatic carbocycles. The first kappa shape index (κ1) is 17.0. The molecule has 0 saturated heterocycles. The molecule has 0 saturated carbocycles. The highest BCUT2D eigenvalue weighted by molar-refractivity contribution is 6.15. The van der Waals surface area contributed by atoms with Crippen LogP contribution < -0.4 is 0 Å². The van der Waals surface area contributed by atoms with Gasteiger partial charge < -0.3 is 0 Å². The predicted molar refractivity (Wildman–Crippen MR) is 119 cm³/mol. The molecule has 2 heterocycles. The van der Waals surface area contributed by atoms with Crippen LogP contribution in [0, 0.1) is 34.6 Å². The number of imidazole rings is 1. The molecule has 3 aromatic carbocycles. The summed E-state index contributed by atoms with van der Waals surface area (Å²) in [6.07, 6.45) is 2.17. The van der Waals surface area contributed by atoms with Crippen LogP contribution in [0.4, 0.5) is 0 Å². The van der Waals surface area contributed by atoms with E-state index in [1.54, 1.807) is 0 Å². The monoisotopic (exact) mass is 364 g/mol. The van der Waals surface area contributed by atoms with Crippen LogP contribution in [0.15, 0.2) is 54.7 Å². The van der Waals surface area contributed by atoms with Crippen molar-refractivity contribution in [3.63, 3.8) is 0 Å². The molecule has 2 heteroatoms. The Morgan fingerprint density at radius 1 is 0.714 bits per heavy atom. The summed E-state index contributed by atoms with van der Waals surface area (Å²) in [6, 6.07) is 17.9. The SMILES string of the molecule is Cc1ccc2c(c1)c1cc(C)cc(-c3c(C)cccc3C)c1n1cc(C)nc21. The Morgan fingerprint density at radius 2 is 1.43 bits per heavy atom. The number of rotatable bonds is 1. The number of pyridine rings is 1. The van der Waals surface area contributed by atoms with Gasteiger partial charge in [-0.2, -0.15) is 0 Å². The standard InChI is InChI=1S/C26H24N2/c1-15-9-10-20-21(11-15)22-12-16(2)13-23(24-17(3)7-6-8-18(24)4)25(22)28-14-19(5)27-26(20)28/h6-14H,1-5H3. The van der Waals surface area contributed by atoms with Crippen molar-refractivity contribution in [3.05, 3.63) is 82.7 Å². The number of aromatic nitrogens is 2. The largest absolute Gasteiger partial charge is 0.298 e. The fraction of sp³-hybridized carbons (Fsp3) is 0.192. The molecule has 0 amide bonds. The first-order valence-corrected chi connectivity index (χ1v) is 9.83. The van der Waals surface area contributed by atoms with Crippen LogP contribution in [0.2, 0.25) is 0 Å². The maximum Gasteiger partial charge on any atom is 0.145 e. The zero-order valence-corrected chi connectivity index (χ0v) is 17.1. The highest BCUT2D eigenvalue weighted by Crippen LogP contribution is 2.39. The molecule has 0 N–H and O–H groups in total. The quantitative estimate of drug-likeness (QED) is 0.297. The topological polar surface area (TPSA) is 17.3 Å². The molecule has 0 aliphatic rings. The normalized spacial score (nSPS) is 11.8. The lowest BCUT2D eigenvalue weighted by molar-refractivity contribution is 1.26. The number of nitrogens with zero attached hydrogens (tertiary/aromatic N) is 2. The number of hydrogen-bond acceptors (Lipinski definition) is 1. The molecule has 0 radical (unpaired) electrons. The summed E-state index contributed by atoms with van der Waals surface area (Å²) in [5, 5.41) is 3.79. The van der Waals surface area contributed by atoms with Gasteiger partial charge in [0.05, 0.1) is 11.2 Å². The van der Waals surface area contributed by atoms with Crippen molar-refractivity contribution in [1.82, 2.24) is 9.38 Å². The minimum absolute atomic E-state index is 1.04. The Hall–Kier alpha value is -3.13. The number of benzene rings is 3. The molecule has 0 bridgehead atoms. The summed E-state index contributed by atoms with van der Waals surface area (Å²) >= 11 is 0. The predicted octanol–water partition coefficient (Wildman–Crippen LogP) is 6.85. The summed E-state index contributed by atoms with van der Waals surface area (Å²) in [6.45, 7) is 10.8. The van der Waals surface area contributed by atoms with E-state index in [9.17, 15) is 0 Å². The van der Waals surface area contributed by atoms with Crippen molar-refractivity contribution in [2.45, 2.75) is 34.6 Å². The summed E-state index contributed by atoms with van der Waals surface area (Å²) in [5.74, 6) is 0. The van der Waals surface area contributed by atoms with Crippen LogP contribution in [0.3, 0.4) is 0 Å². The van der Waals surface area contributed by atoms with E-state index >= 15 is 0 Å². The van der Waals surface area contributed by atoms with Gasteiger partial charge in [0.2, 0.25) is 0 Å². The van der Waals surface area contributed by atoms with Gasteiger partial charge in [-0.3, -0.25) is 4.40 Å². The number of hydrogen-bond donors (Lipinski definition) is 0. The molecule has 28 heavy (non-hydrogen) atoms. The van der Waals surface area contributed by atoms with E-state index in [1.807, 2.05) is 0 Å². The third-order valence-electron chi connectivity index (χ3n) is 5.78. The van der Waals surface area contributed by atoms with Crippen LogP contribution >= 0.6 is 0 Å². The van der Waals surface area contributed by atoms with Gasteiger partial charge >= 0.3 is 0 Å². The van der Waals surface area contributed by atoms with Crippen molar-refractivity contribution in [1.29, 1.82) is 0 Å². The highest BCUT2D eigenvalue weighted by atomic mass is 15.0. The second-order valence-electron chi connectivity index (χ2n) is 8.10. The molecule has 0 aliphatic heterocycles. The minimum atomic E-state index is 1.04. The first-order chi connectivity index (χ1) is 13.4. The average molecular weight is 364 g/mol. The molecule has 5 aromatic rings. The van der Waals surface area contributed by atoms with Crippen LogP contribution in [-0.2, 0) is 0 Å². The van der Waals surface area contributed by atoms with E-state index in [1.165, 1.54) is 55.1 Å². The zero-order valence-electron chi connectivity index (χ0n) is 17.1. The number of aryl methyl sites for hydroxylation is 5. The Labute approximate surface area is 165 Å². The molecule has 5 rings (SSSR count). The fourth-order valence-electron chi connectivity index (χ4n) is 4.61. The van der Waals surface area contributed by atoms with E-state index in [2.05, 4.69) is 93.7 Å². The molecular formula is C26H24N2. The highest BCUT2D eigenvalue weighted by Gasteiger charge is 2.17. The van der Waals surface area contributed by atoms with Crippen LogP contribution in [-0.4, -0.2) is 9.38 Å². The Bertz CT molecular complexity index is 1380. The van der Waals surface area contributed by atoms with E-state index in [-0.39, 0.29) is 0 Å². The summed E-state index contributed by atoms with van der Waals surface area (Å²) in [4.78, 5) is 4.89. The third-order valence-corrected chi connectivity index (χ3v) is 5.78. The maximum absolute atomic E-state index is 4.89. The second kappa shape index (κ2) is 5.93. The molecule has 0 atom stereocenters. The van der Waals surface area contributed by atoms with Crippen molar-refractivity contribution >= 4 is 27.3 Å². The van der Waals surface area contributed by atoms with Gasteiger partial charge in [0.25, 0.3) is 0 Å². The molecule has 0 spiro atoms. The second-order valence-corrected chi connectivity index (χ2v) is 8.10. The van der Waals surface area contributed by atoms with E-state index in [0.717, 1.165) is 11.3 Å². The summed E-state index contributed by atoms with van der Waals surface area (Å²) in [7, 11) is 0. The smallest absolute Gasteiger partial charge is 0.145 e. The summed E-state index contributed by atoms with van der Waals surface area (Å²) < 4.78 is 2.29. The Balaban J connectivity index is 2.11. The van der Waals surface area contributed by atoms with E-state index in [4.69, 9.17) is 4.98 Å². The van der Waals surface area contributed by atoms with Gasteiger partial charge in [-0.25, -0.2) is 4.98 Å². The van der Waals surface area contributed by atoms with Gasteiger partial charge in [-0.1, -0.05) is 42.0 Å². The van der Waals surface area contributed by atoms with Crippen LogP contribution in [0.1, 0.15) is 27.9 Å². The lowest BCUT2D eigenvalue weighted by atomic mass is 9.91. The molecule has 2 nitrogen and oxygen atoms in total. The summed E-state index contributed by atoms with van der Waals surface area (Å²) in [5.41, 5.74) is 11.1. The molecule has 138 valence electrons. The van der Waals surface area contributed by atoms with Gasteiger partial charge in [-0.15, -0.1) is 0 Å². The average Bonchev–Trinajstić information content (AvgIpc) is 3.02. The third kappa shape index (κ3) is 2.37. The van der Waals surface area contributed by atoms with Crippen LogP contribution in [0.25, 0.3) is 38.4 Å². The molecular weight excluding hydrogens is 340 g/mol. The first-order valence-electron chi connectivity index (χ1n) is 9.83. The maximum atomic E-state index is 4.89. The molecule has 2 aromatic heterocycles. The Morgan fingerprint density at radius 3 is 2.18 bits per heavy atom. The zero-order chi connectivity index (χ0) is 19.6. The van der Waals surface area contributed by atoms with Gasteiger partial charge in [-0.05, 0) is 74.4 Å². The molecule has 0 fully saturated rings. The van der Waals surface area contributed by atoms with Crippen molar-refractivity contribution in [2.24, 2.45) is 0 Å².